The van der Waals surface area contributed by atoms with E-state index in [1.807, 2.05) is 24.3 Å². The molecule has 1 N–H and O–H groups in total. The maximum absolute atomic E-state index is 8.80. The molecular formula is C10H7N3. The first-order chi connectivity index (χ1) is 6.36. The van der Waals surface area contributed by atoms with E-state index in [4.69, 9.17) is 10.5 Å². The summed E-state index contributed by atoms with van der Waals surface area (Å²) in [5.41, 5.74) is 1.85. The van der Waals surface area contributed by atoms with Crippen LogP contribution < -0.4 is 5.32 Å². The smallest absolute Gasteiger partial charge is 0.122 e. The molecule has 0 saturated heterocycles. The Morgan fingerprint density at radius 2 is 1.46 bits per heavy atom. The Bertz CT molecular complexity index is 372. The molecule has 13 heavy (non-hydrogen) atoms. The van der Waals surface area contributed by atoms with E-state index in [0.29, 0.717) is 0 Å². The van der Waals surface area contributed by atoms with Crippen molar-refractivity contribution >= 4 is 0 Å². The van der Waals surface area contributed by atoms with E-state index in [-0.39, 0.29) is 12.1 Å². The van der Waals surface area contributed by atoms with Crippen LogP contribution in [0.2, 0.25) is 0 Å². The molecule has 2 atom stereocenters. The molecule has 1 aromatic carbocycles. The quantitative estimate of drug-likeness (QED) is 0.638. The summed E-state index contributed by atoms with van der Waals surface area (Å²) in [7, 11) is 0. The summed E-state index contributed by atoms with van der Waals surface area (Å²) >= 11 is 0. The number of nitrogens with zero attached hydrogens (tertiary/aromatic N) is 2. The number of rotatable bonds is 0. The summed E-state index contributed by atoms with van der Waals surface area (Å²) in [5.74, 6) is 0. The third kappa shape index (κ3) is 1.07. The first-order valence-corrected chi connectivity index (χ1v) is 4.01. The van der Waals surface area contributed by atoms with E-state index < -0.39 is 0 Å². The number of fused-ring (bicyclic) bond motifs is 1. The Morgan fingerprint density at radius 3 is 1.85 bits per heavy atom. The van der Waals surface area contributed by atoms with Crippen LogP contribution in [-0.4, -0.2) is 0 Å². The van der Waals surface area contributed by atoms with Gasteiger partial charge in [0.15, 0.2) is 0 Å². The highest BCUT2D eigenvalue weighted by Gasteiger charge is 2.29. The monoisotopic (exact) mass is 169 g/mol. The summed E-state index contributed by atoms with van der Waals surface area (Å²) in [4.78, 5) is 0. The van der Waals surface area contributed by atoms with Gasteiger partial charge in [0.2, 0.25) is 0 Å². The summed E-state index contributed by atoms with van der Waals surface area (Å²) in [5, 5.41) is 20.5. The molecule has 0 aliphatic carbocycles. The lowest BCUT2D eigenvalue weighted by atomic mass is 10.0. The SMILES string of the molecule is N#CC1NC(C#N)c2ccccc21. The maximum Gasteiger partial charge on any atom is 0.122 e. The Morgan fingerprint density at radius 1 is 1.00 bits per heavy atom. The number of nitrogens with one attached hydrogen (secondary N) is 1. The van der Waals surface area contributed by atoms with Crippen molar-refractivity contribution in [1.82, 2.24) is 5.32 Å². The molecule has 0 aromatic heterocycles. The van der Waals surface area contributed by atoms with Crippen LogP contribution >= 0.6 is 0 Å². The predicted octanol–water partition coefficient (Wildman–Crippen LogP) is 1.42. The first kappa shape index (κ1) is 7.79. The minimum Gasteiger partial charge on any atom is -0.279 e. The van der Waals surface area contributed by atoms with Crippen molar-refractivity contribution in [2.45, 2.75) is 12.1 Å². The largest absolute Gasteiger partial charge is 0.279 e. The van der Waals surface area contributed by atoms with Gasteiger partial charge in [0, 0.05) is 0 Å². The van der Waals surface area contributed by atoms with Gasteiger partial charge in [-0.2, -0.15) is 10.5 Å². The fraction of sp³-hybridized carbons (Fsp3) is 0.200. The molecule has 0 fully saturated rings. The second-order valence-corrected chi connectivity index (χ2v) is 2.92. The summed E-state index contributed by atoms with van der Waals surface area (Å²) in [6, 6.07) is 11.1. The van der Waals surface area contributed by atoms with E-state index in [9.17, 15) is 0 Å². The predicted molar refractivity (Wildman–Crippen MR) is 46.3 cm³/mol. The zero-order valence-corrected chi connectivity index (χ0v) is 6.86. The van der Waals surface area contributed by atoms with Gasteiger partial charge in [-0.3, -0.25) is 5.32 Å². The van der Waals surface area contributed by atoms with Crippen molar-refractivity contribution in [2.24, 2.45) is 0 Å². The second-order valence-electron chi connectivity index (χ2n) is 2.92. The standard InChI is InChI=1S/C10H7N3/c11-5-9-7-3-1-2-4-8(7)10(6-12)13-9/h1-4,9-10,13H. The van der Waals surface area contributed by atoms with Gasteiger partial charge in [-0.1, -0.05) is 24.3 Å². The summed E-state index contributed by atoms with van der Waals surface area (Å²) in [6.07, 6.45) is 0. The Balaban J connectivity index is 2.53. The Labute approximate surface area is 76.2 Å². The zero-order valence-electron chi connectivity index (χ0n) is 6.86. The Hall–Kier alpha value is -1.84. The third-order valence-corrected chi connectivity index (χ3v) is 2.21. The number of benzene rings is 1. The molecule has 0 bridgehead atoms. The van der Waals surface area contributed by atoms with Crippen molar-refractivity contribution < 1.29 is 0 Å². The molecule has 62 valence electrons. The normalized spacial score (nSPS) is 24.5. The van der Waals surface area contributed by atoms with E-state index in [1.54, 1.807) is 0 Å². The van der Waals surface area contributed by atoms with Crippen LogP contribution in [0.1, 0.15) is 23.2 Å². The van der Waals surface area contributed by atoms with Crippen LogP contribution in [0, 0.1) is 22.7 Å². The van der Waals surface area contributed by atoms with Crippen molar-refractivity contribution in [3.8, 4) is 12.1 Å². The van der Waals surface area contributed by atoms with Gasteiger partial charge in [-0.25, -0.2) is 0 Å². The van der Waals surface area contributed by atoms with Crippen molar-refractivity contribution in [3.63, 3.8) is 0 Å². The highest BCUT2D eigenvalue weighted by molar-refractivity contribution is 5.42. The number of nitriles is 2. The lowest BCUT2D eigenvalue weighted by Crippen LogP contribution is -2.14. The molecule has 1 aliphatic heterocycles. The minimum absolute atomic E-state index is 0.333. The van der Waals surface area contributed by atoms with Gasteiger partial charge in [0.1, 0.15) is 12.1 Å². The van der Waals surface area contributed by atoms with Crippen LogP contribution in [0.3, 0.4) is 0 Å². The van der Waals surface area contributed by atoms with Crippen molar-refractivity contribution in [3.05, 3.63) is 35.4 Å². The highest BCUT2D eigenvalue weighted by atomic mass is 15.0. The fourth-order valence-corrected chi connectivity index (χ4v) is 1.60. The molecule has 2 rings (SSSR count). The fourth-order valence-electron chi connectivity index (χ4n) is 1.60. The van der Waals surface area contributed by atoms with Crippen molar-refractivity contribution in [2.75, 3.05) is 0 Å². The van der Waals surface area contributed by atoms with E-state index in [2.05, 4.69) is 17.5 Å². The van der Waals surface area contributed by atoms with Crippen molar-refractivity contribution in [1.29, 1.82) is 10.5 Å². The van der Waals surface area contributed by atoms with Crippen LogP contribution in [0.15, 0.2) is 24.3 Å². The third-order valence-electron chi connectivity index (χ3n) is 2.21. The molecule has 1 aromatic rings. The topological polar surface area (TPSA) is 59.6 Å². The van der Waals surface area contributed by atoms with Crippen LogP contribution in [0.4, 0.5) is 0 Å². The molecule has 0 spiro atoms. The molecule has 0 amide bonds. The van der Waals surface area contributed by atoms with Crippen LogP contribution in [0.25, 0.3) is 0 Å². The average Bonchev–Trinajstić information content (AvgIpc) is 2.56. The summed E-state index contributed by atoms with van der Waals surface area (Å²) in [6.45, 7) is 0. The van der Waals surface area contributed by atoms with Gasteiger partial charge >= 0.3 is 0 Å². The maximum atomic E-state index is 8.80. The number of hydrogen-bond donors (Lipinski definition) is 1. The molecule has 3 nitrogen and oxygen atoms in total. The molecule has 1 heterocycles. The second kappa shape index (κ2) is 2.90. The lowest BCUT2D eigenvalue weighted by Gasteiger charge is -1.99. The molecule has 0 saturated carbocycles. The minimum atomic E-state index is -0.333. The molecule has 1 aliphatic rings. The van der Waals surface area contributed by atoms with Crippen LogP contribution in [0.5, 0.6) is 0 Å². The van der Waals surface area contributed by atoms with Gasteiger partial charge in [-0.05, 0) is 11.1 Å². The highest BCUT2D eigenvalue weighted by Crippen LogP contribution is 2.31. The molecular weight excluding hydrogens is 162 g/mol. The molecule has 3 heteroatoms. The zero-order chi connectivity index (χ0) is 9.26. The number of hydrogen-bond acceptors (Lipinski definition) is 3. The van der Waals surface area contributed by atoms with E-state index >= 15 is 0 Å². The van der Waals surface area contributed by atoms with E-state index in [0.717, 1.165) is 11.1 Å². The summed E-state index contributed by atoms with van der Waals surface area (Å²) < 4.78 is 0. The average molecular weight is 169 g/mol. The lowest BCUT2D eigenvalue weighted by molar-refractivity contribution is 0.643. The Kier molecular flexibility index (Phi) is 1.73. The van der Waals surface area contributed by atoms with Gasteiger partial charge < -0.3 is 0 Å². The molecule has 2 unspecified atom stereocenters. The molecule has 0 radical (unpaired) electrons. The van der Waals surface area contributed by atoms with Crippen LogP contribution in [-0.2, 0) is 0 Å². The van der Waals surface area contributed by atoms with Gasteiger partial charge in [0.05, 0.1) is 12.1 Å². The van der Waals surface area contributed by atoms with E-state index in [1.165, 1.54) is 0 Å². The first-order valence-electron chi connectivity index (χ1n) is 4.01. The van der Waals surface area contributed by atoms with Gasteiger partial charge in [-0.15, -0.1) is 0 Å². The van der Waals surface area contributed by atoms with Gasteiger partial charge in [0.25, 0.3) is 0 Å².